The van der Waals surface area contributed by atoms with Gasteiger partial charge in [0.15, 0.2) is 6.61 Å². The molecule has 2 aromatic carbocycles. The summed E-state index contributed by atoms with van der Waals surface area (Å²) in [5.41, 5.74) is 0.0962. The summed E-state index contributed by atoms with van der Waals surface area (Å²) in [7, 11) is 0. The van der Waals surface area contributed by atoms with Crippen LogP contribution in [0, 0.1) is 5.82 Å². The van der Waals surface area contributed by atoms with Crippen LogP contribution in [-0.2, 0) is 4.79 Å². The van der Waals surface area contributed by atoms with Gasteiger partial charge < -0.3 is 15.1 Å². The predicted octanol–water partition coefficient (Wildman–Crippen LogP) is 3.82. The number of benzene rings is 2. The molecule has 2 N–H and O–H groups in total. The molecule has 0 atom stereocenters. The Morgan fingerprint density at radius 3 is 2.43 bits per heavy atom. The molecule has 0 spiro atoms. The van der Waals surface area contributed by atoms with Gasteiger partial charge in [-0.2, -0.15) is 0 Å². The number of oxime groups is 1. The summed E-state index contributed by atoms with van der Waals surface area (Å²) >= 11 is 12.1. The lowest BCUT2D eigenvalue weighted by Gasteiger charge is -2.12. The fourth-order valence-corrected chi connectivity index (χ4v) is 2.34. The molecule has 5 nitrogen and oxygen atoms in total. The highest BCUT2D eigenvalue weighted by Gasteiger charge is 2.19. The smallest absolute Gasteiger partial charge is 0.341 e. The number of carboxylic acid groups (broad SMARTS) is 1. The average molecular weight is 358 g/mol. The highest BCUT2D eigenvalue weighted by atomic mass is 35.5. The lowest BCUT2D eigenvalue weighted by Crippen LogP contribution is -2.11. The van der Waals surface area contributed by atoms with E-state index in [1.165, 1.54) is 30.3 Å². The topological polar surface area (TPSA) is 79.1 Å². The van der Waals surface area contributed by atoms with E-state index in [4.69, 9.17) is 33.0 Å². The van der Waals surface area contributed by atoms with E-state index in [-0.39, 0.29) is 32.6 Å². The highest BCUT2D eigenvalue weighted by Crippen LogP contribution is 2.36. The summed E-state index contributed by atoms with van der Waals surface area (Å²) in [4.78, 5) is 10.5. The van der Waals surface area contributed by atoms with E-state index in [2.05, 4.69) is 5.16 Å². The van der Waals surface area contributed by atoms with E-state index >= 15 is 0 Å². The summed E-state index contributed by atoms with van der Waals surface area (Å²) in [6, 6.07) is 8.45. The molecule has 0 saturated heterocycles. The van der Waals surface area contributed by atoms with Crippen LogP contribution in [0.1, 0.15) is 11.1 Å². The van der Waals surface area contributed by atoms with Crippen molar-refractivity contribution in [3.63, 3.8) is 0 Å². The van der Waals surface area contributed by atoms with Crippen molar-refractivity contribution in [2.45, 2.75) is 0 Å². The molecule has 0 aromatic heterocycles. The van der Waals surface area contributed by atoms with Crippen LogP contribution in [0.3, 0.4) is 0 Å². The lowest BCUT2D eigenvalue weighted by atomic mass is 10.0. The van der Waals surface area contributed by atoms with Crippen LogP contribution in [0.2, 0.25) is 10.0 Å². The van der Waals surface area contributed by atoms with Gasteiger partial charge in [-0.15, -0.1) is 0 Å². The molecular formula is C15H10Cl2FNO4. The molecule has 120 valence electrons. The number of aliphatic carboxylic acids is 1. The number of ether oxygens (including phenoxy) is 1. The minimum atomic E-state index is -1.18. The molecule has 23 heavy (non-hydrogen) atoms. The minimum Gasteiger partial charge on any atom is -0.480 e. The fraction of sp³-hybridized carbons (Fsp3) is 0.0667. The first-order valence-corrected chi connectivity index (χ1v) is 7.01. The Kier molecular flexibility index (Phi) is 5.41. The first kappa shape index (κ1) is 17.1. The van der Waals surface area contributed by atoms with Gasteiger partial charge in [-0.1, -0.05) is 40.5 Å². The van der Waals surface area contributed by atoms with Crippen LogP contribution >= 0.6 is 23.2 Å². The largest absolute Gasteiger partial charge is 0.480 e. The maximum atomic E-state index is 13.9. The zero-order valence-electron chi connectivity index (χ0n) is 11.5. The van der Waals surface area contributed by atoms with Crippen molar-refractivity contribution < 1.29 is 24.2 Å². The highest BCUT2D eigenvalue weighted by molar-refractivity contribution is 6.45. The van der Waals surface area contributed by atoms with Crippen molar-refractivity contribution in [3.05, 3.63) is 63.4 Å². The summed E-state index contributed by atoms with van der Waals surface area (Å²) in [6.45, 7) is -0.594. The Balaban J connectivity index is 2.45. The van der Waals surface area contributed by atoms with Gasteiger partial charge in [-0.05, 0) is 24.3 Å². The Bertz CT molecular complexity index is 780. The van der Waals surface area contributed by atoms with E-state index in [0.29, 0.717) is 0 Å². The molecule has 0 aliphatic carbocycles. The third kappa shape index (κ3) is 3.72. The number of hydrogen-bond acceptors (Lipinski definition) is 4. The van der Waals surface area contributed by atoms with E-state index in [1.807, 2.05) is 0 Å². The second kappa shape index (κ2) is 7.30. The second-order valence-corrected chi connectivity index (χ2v) is 5.11. The van der Waals surface area contributed by atoms with Gasteiger partial charge >= 0.3 is 5.97 Å². The minimum absolute atomic E-state index is 0.0344. The molecular weight excluding hydrogens is 348 g/mol. The molecule has 0 aliphatic rings. The second-order valence-electron chi connectivity index (χ2n) is 4.35. The third-order valence-electron chi connectivity index (χ3n) is 2.88. The van der Waals surface area contributed by atoms with Crippen LogP contribution in [0.4, 0.5) is 4.39 Å². The number of hydrogen-bond donors (Lipinski definition) is 2. The Labute approximate surface area is 140 Å². The summed E-state index contributed by atoms with van der Waals surface area (Å²) in [6.07, 6.45) is 0. The molecule has 0 heterocycles. The van der Waals surface area contributed by atoms with E-state index in [1.54, 1.807) is 6.07 Å². The third-order valence-corrected chi connectivity index (χ3v) is 3.75. The van der Waals surface area contributed by atoms with Gasteiger partial charge in [0.05, 0.1) is 5.02 Å². The van der Waals surface area contributed by atoms with Crippen molar-refractivity contribution in [2.24, 2.45) is 5.16 Å². The molecule has 0 amide bonds. The molecule has 0 radical (unpaired) electrons. The van der Waals surface area contributed by atoms with Crippen molar-refractivity contribution >= 4 is 34.9 Å². The van der Waals surface area contributed by atoms with E-state index < -0.39 is 18.4 Å². The van der Waals surface area contributed by atoms with Gasteiger partial charge in [0.25, 0.3) is 0 Å². The number of halogens is 3. The molecule has 2 rings (SSSR count). The predicted molar refractivity (Wildman–Crippen MR) is 83.4 cm³/mol. The quantitative estimate of drug-likeness (QED) is 0.484. The SMILES string of the molecule is O=C(O)COc1ccc(C(=NO)c2ccccc2F)c(Cl)c1Cl. The van der Waals surface area contributed by atoms with Gasteiger partial charge in [0.2, 0.25) is 0 Å². The fourth-order valence-electron chi connectivity index (χ4n) is 1.87. The summed E-state index contributed by atoms with van der Waals surface area (Å²) in [5, 5.41) is 20.8. The van der Waals surface area contributed by atoms with E-state index in [0.717, 1.165) is 0 Å². The summed E-state index contributed by atoms with van der Waals surface area (Å²) in [5.74, 6) is -1.72. The standard InChI is InChI=1S/C15H10Cl2FNO4/c16-13-9(5-6-11(14(13)17)23-7-12(20)21)15(19-22)8-3-1-2-4-10(8)18/h1-6,22H,7H2,(H,20,21). The molecule has 0 bridgehead atoms. The van der Waals surface area contributed by atoms with Crippen molar-refractivity contribution in [1.29, 1.82) is 0 Å². The van der Waals surface area contributed by atoms with Crippen LogP contribution in [0.15, 0.2) is 41.6 Å². The van der Waals surface area contributed by atoms with Crippen molar-refractivity contribution in [3.8, 4) is 5.75 Å². The zero-order valence-corrected chi connectivity index (χ0v) is 13.0. The molecule has 8 heteroatoms. The average Bonchev–Trinajstić information content (AvgIpc) is 2.52. The zero-order chi connectivity index (χ0) is 17.0. The van der Waals surface area contributed by atoms with Crippen molar-refractivity contribution in [2.75, 3.05) is 6.61 Å². The molecule has 0 saturated carbocycles. The Morgan fingerprint density at radius 1 is 1.13 bits per heavy atom. The molecule has 0 unspecified atom stereocenters. The van der Waals surface area contributed by atoms with Gasteiger partial charge in [0, 0.05) is 11.1 Å². The molecule has 2 aromatic rings. The number of nitrogens with zero attached hydrogens (tertiary/aromatic N) is 1. The van der Waals surface area contributed by atoms with Crippen LogP contribution in [0.25, 0.3) is 0 Å². The van der Waals surface area contributed by atoms with Crippen LogP contribution in [0.5, 0.6) is 5.75 Å². The molecule has 0 fully saturated rings. The Hall–Kier alpha value is -2.31. The maximum absolute atomic E-state index is 13.9. The lowest BCUT2D eigenvalue weighted by molar-refractivity contribution is -0.139. The van der Waals surface area contributed by atoms with Gasteiger partial charge in [-0.25, -0.2) is 9.18 Å². The number of carbonyl (C=O) groups is 1. The first-order valence-electron chi connectivity index (χ1n) is 6.25. The van der Waals surface area contributed by atoms with Crippen molar-refractivity contribution in [1.82, 2.24) is 0 Å². The van der Waals surface area contributed by atoms with Gasteiger partial charge in [0.1, 0.15) is 22.3 Å². The maximum Gasteiger partial charge on any atom is 0.341 e. The number of carboxylic acids is 1. The summed E-state index contributed by atoms with van der Waals surface area (Å²) < 4.78 is 18.9. The molecule has 0 aliphatic heterocycles. The Morgan fingerprint density at radius 2 is 1.83 bits per heavy atom. The van der Waals surface area contributed by atoms with Crippen LogP contribution < -0.4 is 4.74 Å². The first-order chi connectivity index (χ1) is 11.0. The van der Waals surface area contributed by atoms with E-state index in [9.17, 15) is 14.4 Å². The number of rotatable bonds is 5. The van der Waals surface area contributed by atoms with Crippen LogP contribution in [-0.4, -0.2) is 28.6 Å². The monoisotopic (exact) mass is 357 g/mol. The normalized spacial score (nSPS) is 11.3. The van der Waals surface area contributed by atoms with Gasteiger partial charge in [-0.3, -0.25) is 0 Å².